The fourth-order valence-corrected chi connectivity index (χ4v) is 1.66. The van der Waals surface area contributed by atoms with Crippen LogP contribution < -0.4 is 16.6 Å². The number of nitrogen functional groups attached to an aromatic ring is 1. The molecule has 0 aromatic carbocycles. The zero-order valence-corrected chi connectivity index (χ0v) is 11.0. The summed E-state index contributed by atoms with van der Waals surface area (Å²) in [7, 11) is 0. The van der Waals surface area contributed by atoms with Crippen molar-refractivity contribution in [2.75, 3.05) is 10.7 Å². The van der Waals surface area contributed by atoms with Gasteiger partial charge in [0.1, 0.15) is 16.8 Å². The van der Waals surface area contributed by atoms with Crippen LogP contribution in [-0.4, -0.2) is 15.9 Å². The minimum atomic E-state index is -0.379. The number of pyridine rings is 2. The van der Waals surface area contributed by atoms with E-state index in [4.69, 9.17) is 29.0 Å². The summed E-state index contributed by atoms with van der Waals surface area (Å²) in [4.78, 5) is 19.8. The molecule has 98 valence electrons. The Bertz CT molecular complexity index is 603. The van der Waals surface area contributed by atoms with Crippen LogP contribution in [-0.2, 0) is 0 Å². The van der Waals surface area contributed by atoms with E-state index in [1.54, 1.807) is 12.1 Å². The quantitative estimate of drug-likeness (QED) is 0.459. The number of rotatable bonds is 3. The highest BCUT2D eigenvalue weighted by Crippen LogP contribution is 2.16. The summed E-state index contributed by atoms with van der Waals surface area (Å²) in [5.41, 5.74) is 2.64. The number of nitrogens with one attached hydrogen (secondary N) is 2. The predicted molar refractivity (Wildman–Crippen MR) is 74.3 cm³/mol. The van der Waals surface area contributed by atoms with Gasteiger partial charge in [-0.25, -0.2) is 15.8 Å². The van der Waals surface area contributed by atoms with Crippen LogP contribution in [0.5, 0.6) is 0 Å². The second-order valence-electron chi connectivity index (χ2n) is 3.52. The van der Waals surface area contributed by atoms with Gasteiger partial charge in [0.25, 0.3) is 5.91 Å². The number of carbonyl (C=O) groups is 1. The van der Waals surface area contributed by atoms with Gasteiger partial charge in [-0.05, 0) is 24.3 Å². The SMILES string of the molecule is NNc1cc(C(=O)Nc2ccc(Cl)cn2)cc(Cl)n1. The second-order valence-corrected chi connectivity index (χ2v) is 4.35. The molecule has 0 unspecified atom stereocenters. The molecule has 0 spiro atoms. The number of hydrazine groups is 1. The van der Waals surface area contributed by atoms with Crippen LogP contribution in [0.1, 0.15) is 10.4 Å². The maximum Gasteiger partial charge on any atom is 0.257 e. The largest absolute Gasteiger partial charge is 0.308 e. The standard InChI is InChI=1S/C11H9Cl2N5O/c12-7-1-2-9(15-5-7)17-11(19)6-3-8(13)16-10(4-6)18-14/h1-5H,14H2,(H,16,18)(H,15,17,19). The lowest BCUT2D eigenvalue weighted by Gasteiger charge is -2.06. The highest BCUT2D eigenvalue weighted by Gasteiger charge is 2.10. The van der Waals surface area contributed by atoms with E-state index in [9.17, 15) is 4.79 Å². The zero-order valence-electron chi connectivity index (χ0n) is 9.52. The van der Waals surface area contributed by atoms with E-state index in [2.05, 4.69) is 20.7 Å². The number of aromatic nitrogens is 2. The third-order valence-corrected chi connectivity index (χ3v) is 2.59. The minimum Gasteiger partial charge on any atom is -0.308 e. The molecule has 0 saturated heterocycles. The Kier molecular flexibility index (Phi) is 4.16. The number of amides is 1. The third-order valence-electron chi connectivity index (χ3n) is 2.17. The molecule has 1 amide bonds. The summed E-state index contributed by atoms with van der Waals surface area (Å²) in [5.74, 6) is 5.52. The molecule has 0 radical (unpaired) electrons. The van der Waals surface area contributed by atoms with Gasteiger partial charge in [0.2, 0.25) is 0 Å². The van der Waals surface area contributed by atoms with Gasteiger partial charge in [-0.3, -0.25) is 4.79 Å². The Balaban J connectivity index is 2.20. The molecule has 0 aliphatic rings. The molecule has 19 heavy (non-hydrogen) atoms. The lowest BCUT2D eigenvalue weighted by atomic mass is 10.2. The lowest BCUT2D eigenvalue weighted by molar-refractivity contribution is 0.102. The summed E-state index contributed by atoms with van der Waals surface area (Å²) in [6.07, 6.45) is 1.43. The molecular formula is C11H9Cl2N5O. The molecule has 2 aromatic heterocycles. The summed E-state index contributed by atoms with van der Waals surface area (Å²) < 4.78 is 0. The molecule has 0 aliphatic carbocycles. The highest BCUT2D eigenvalue weighted by molar-refractivity contribution is 6.30. The maximum absolute atomic E-state index is 12.0. The first-order valence-corrected chi connectivity index (χ1v) is 5.91. The Hall–Kier alpha value is -1.89. The summed E-state index contributed by atoms with van der Waals surface area (Å²) in [5, 5.41) is 3.24. The van der Waals surface area contributed by atoms with E-state index in [1.807, 2.05) is 0 Å². The molecule has 6 nitrogen and oxygen atoms in total. The predicted octanol–water partition coefficient (Wildman–Crippen LogP) is 2.32. The zero-order chi connectivity index (χ0) is 13.8. The molecule has 8 heteroatoms. The summed E-state index contributed by atoms with van der Waals surface area (Å²) in [6.45, 7) is 0. The highest BCUT2D eigenvalue weighted by atomic mass is 35.5. The molecule has 0 aliphatic heterocycles. The van der Waals surface area contributed by atoms with Gasteiger partial charge in [0.05, 0.1) is 5.02 Å². The number of hydrogen-bond acceptors (Lipinski definition) is 5. The van der Waals surface area contributed by atoms with Crippen molar-refractivity contribution < 1.29 is 4.79 Å². The third kappa shape index (κ3) is 3.54. The molecule has 0 bridgehead atoms. The fourth-order valence-electron chi connectivity index (χ4n) is 1.34. The van der Waals surface area contributed by atoms with E-state index < -0.39 is 0 Å². The molecule has 2 heterocycles. The minimum absolute atomic E-state index is 0.157. The van der Waals surface area contributed by atoms with Gasteiger partial charge < -0.3 is 10.7 Å². The van der Waals surface area contributed by atoms with Crippen LogP contribution in [0.25, 0.3) is 0 Å². The van der Waals surface area contributed by atoms with Crippen molar-refractivity contribution in [3.8, 4) is 0 Å². The fraction of sp³-hybridized carbons (Fsp3) is 0. The average molecular weight is 298 g/mol. The number of nitrogens with zero attached hydrogens (tertiary/aromatic N) is 2. The molecular weight excluding hydrogens is 289 g/mol. The molecule has 0 saturated carbocycles. The van der Waals surface area contributed by atoms with Crippen molar-refractivity contribution in [3.05, 3.63) is 46.2 Å². The summed E-state index contributed by atoms with van der Waals surface area (Å²) >= 11 is 11.5. The average Bonchev–Trinajstić information content (AvgIpc) is 2.40. The van der Waals surface area contributed by atoms with Crippen molar-refractivity contribution in [3.63, 3.8) is 0 Å². The van der Waals surface area contributed by atoms with Gasteiger partial charge in [0.15, 0.2) is 0 Å². The van der Waals surface area contributed by atoms with Crippen molar-refractivity contribution in [2.45, 2.75) is 0 Å². The van der Waals surface area contributed by atoms with Crippen LogP contribution >= 0.6 is 23.2 Å². The van der Waals surface area contributed by atoms with E-state index in [1.165, 1.54) is 18.3 Å². The molecule has 0 fully saturated rings. The van der Waals surface area contributed by atoms with Crippen molar-refractivity contribution in [2.24, 2.45) is 5.84 Å². The summed E-state index contributed by atoms with van der Waals surface area (Å²) in [6, 6.07) is 6.10. The Morgan fingerprint density at radius 1 is 1.21 bits per heavy atom. The van der Waals surface area contributed by atoms with E-state index in [0.29, 0.717) is 22.2 Å². The maximum atomic E-state index is 12.0. The van der Waals surface area contributed by atoms with Crippen molar-refractivity contribution in [1.29, 1.82) is 0 Å². The Morgan fingerprint density at radius 3 is 2.63 bits per heavy atom. The molecule has 0 atom stereocenters. The van der Waals surface area contributed by atoms with E-state index in [0.717, 1.165) is 0 Å². The van der Waals surface area contributed by atoms with Gasteiger partial charge in [-0.15, -0.1) is 0 Å². The first-order chi connectivity index (χ1) is 9.08. The van der Waals surface area contributed by atoms with Gasteiger partial charge in [-0.2, -0.15) is 0 Å². The lowest BCUT2D eigenvalue weighted by Crippen LogP contribution is -2.15. The smallest absolute Gasteiger partial charge is 0.257 e. The Labute approximate surface area is 118 Å². The van der Waals surface area contributed by atoms with Crippen molar-refractivity contribution >= 4 is 40.7 Å². The van der Waals surface area contributed by atoms with Crippen LogP contribution in [0.3, 0.4) is 0 Å². The molecule has 2 aromatic rings. The number of carbonyl (C=O) groups excluding carboxylic acids is 1. The van der Waals surface area contributed by atoms with Crippen LogP contribution in [0.15, 0.2) is 30.5 Å². The topological polar surface area (TPSA) is 92.9 Å². The van der Waals surface area contributed by atoms with E-state index >= 15 is 0 Å². The first-order valence-electron chi connectivity index (χ1n) is 5.15. The van der Waals surface area contributed by atoms with Gasteiger partial charge >= 0.3 is 0 Å². The number of nitrogens with two attached hydrogens (primary N) is 1. The number of hydrogen-bond donors (Lipinski definition) is 3. The van der Waals surface area contributed by atoms with Crippen LogP contribution in [0.4, 0.5) is 11.6 Å². The molecule has 4 N–H and O–H groups in total. The van der Waals surface area contributed by atoms with Gasteiger partial charge in [0, 0.05) is 11.8 Å². The van der Waals surface area contributed by atoms with Crippen molar-refractivity contribution in [1.82, 2.24) is 9.97 Å². The first kappa shape index (κ1) is 13.5. The molecule has 2 rings (SSSR count). The monoisotopic (exact) mass is 297 g/mol. The normalized spacial score (nSPS) is 10.1. The van der Waals surface area contributed by atoms with E-state index in [-0.39, 0.29) is 11.1 Å². The number of anilines is 2. The number of halogens is 2. The van der Waals surface area contributed by atoms with Crippen LogP contribution in [0.2, 0.25) is 10.2 Å². The Morgan fingerprint density at radius 2 is 2.00 bits per heavy atom. The van der Waals surface area contributed by atoms with Crippen LogP contribution in [0, 0.1) is 0 Å². The second kappa shape index (κ2) is 5.83. The van der Waals surface area contributed by atoms with Gasteiger partial charge in [-0.1, -0.05) is 23.2 Å².